The molecule has 2 heterocycles. The zero-order valence-electron chi connectivity index (χ0n) is 16.1. The number of ketones is 1. The molecule has 0 aromatic heterocycles. The first-order valence-electron chi connectivity index (χ1n) is 10.2. The van der Waals surface area contributed by atoms with Crippen molar-refractivity contribution in [2.45, 2.75) is 44.8 Å². The third kappa shape index (κ3) is 2.82. The van der Waals surface area contributed by atoms with Crippen LogP contribution in [0.3, 0.4) is 0 Å². The van der Waals surface area contributed by atoms with Gasteiger partial charge in [0.1, 0.15) is 6.10 Å². The smallest absolute Gasteiger partial charge is 0.313 e. The Kier molecular flexibility index (Phi) is 4.15. The number of fused-ring (bicyclic) bond motifs is 3. The lowest BCUT2D eigenvalue weighted by molar-refractivity contribution is -0.524. The highest BCUT2D eigenvalue weighted by Crippen LogP contribution is 2.50. The number of carbonyl (C=O) groups excluding carboxylic acids is 2. The summed E-state index contributed by atoms with van der Waals surface area (Å²) in [6.07, 6.45) is 3.35. The van der Waals surface area contributed by atoms with E-state index in [0.717, 1.165) is 16.8 Å². The Morgan fingerprint density at radius 3 is 2.83 bits per heavy atom. The third-order valence-corrected chi connectivity index (χ3v) is 7.02. The van der Waals surface area contributed by atoms with E-state index < -0.39 is 17.9 Å². The number of Topliss-reactive ketones (excluding diaryl/α,β-unsaturated/α-hetero) is 1. The summed E-state index contributed by atoms with van der Waals surface area (Å²) in [5.74, 6) is -1.59. The number of ether oxygens (including phenoxy) is 1. The summed E-state index contributed by atoms with van der Waals surface area (Å²) in [5, 5.41) is 11.3. The van der Waals surface area contributed by atoms with E-state index in [9.17, 15) is 19.7 Å². The molecule has 150 valence electrons. The molecule has 1 saturated carbocycles. The minimum Gasteiger partial charge on any atom is -0.462 e. The molecule has 7 heteroatoms. The van der Waals surface area contributed by atoms with Crippen LogP contribution >= 0.6 is 0 Å². The normalized spacial score (nSPS) is 35.0. The number of aliphatic imine (C=N–C) groups is 1. The van der Waals surface area contributed by atoms with Crippen molar-refractivity contribution in [2.24, 2.45) is 28.7 Å². The average Bonchev–Trinajstić information content (AvgIpc) is 3.26. The van der Waals surface area contributed by atoms with Crippen molar-refractivity contribution in [1.29, 1.82) is 0 Å². The van der Waals surface area contributed by atoms with Gasteiger partial charge in [0.2, 0.25) is 6.04 Å². The van der Waals surface area contributed by atoms with E-state index in [0.29, 0.717) is 31.4 Å². The molecule has 6 atom stereocenters. The Bertz CT molecular complexity index is 981. The lowest BCUT2D eigenvalue weighted by Gasteiger charge is -2.41. The average molecular weight is 394 g/mol. The van der Waals surface area contributed by atoms with E-state index in [1.165, 1.54) is 0 Å². The maximum atomic E-state index is 13.7. The third-order valence-electron chi connectivity index (χ3n) is 7.02. The van der Waals surface area contributed by atoms with Gasteiger partial charge >= 0.3 is 5.97 Å². The molecule has 1 aromatic carbocycles. The van der Waals surface area contributed by atoms with E-state index in [1.807, 2.05) is 37.3 Å². The lowest BCUT2D eigenvalue weighted by Crippen LogP contribution is -2.46. The van der Waals surface area contributed by atoms with Crippen molar-refractivity contribution >= 4 is 23.2 Å². The number of benzene rings is 1. The second-order valence-corrected chi connectivity index (χ2v) is 8.57. The van der Waals surface area contributed by atoms with Gasteiger partial charge in [-0.25, -0.2) is 4.99 Å². The van der Waals surface area contributed by atoms with Crippen LogP contribution in [0.1, 0.15) is 31.7 Å². The highest BCUT2D eigenvalue weighted by molar-refractivity contribution is 6.42. The second kappa shape index (κ2) is 6.61. The van der Waals surface area contributed by atoms with Crippen molar-refractivity contribution in [3.8, 4) is 0 Å². The van der Waals surface area contributed by atoms with Gasteiger partial charge in [0.05, 0.1) is 17.3 Å². The molecular formula is C22H22N2O5. The number of hydrogen-bond donors (Lipinski definition) is 0. The van der Waals surface area contributed by atoms with Crippen molar-refractivity contribution in [3.05, 3.63) is 51.6 Å². The largest absolute Gasteiger partial charge is 0.462 e. The first kappa shape index (κ1) is 18.2. The summed E-state index contributed by atoms with van der Waals surface area (Å²) < 4.78 is 5.48. The van der Waals surface area contributed by atoms with Crippen LogP contribution in [0.2, 0.25) is 0 Å². The standard InChI is InChI=1S/C22H22N2O5/c1-11-19-16(22(26)29-11)9-13-8-14(24(27)28)6-7-15(13)20(19)21(25)18-10-12-4-2-3-5-17(12)23-18/h2-5,9,11,14-16,19-20H,6-8,10H2,1H3/t11-,14-,15-,16-,19-,20+/m1/s1. The fourth-order valence-electron chi connectivity index (χ4n) is 5.67. The predicted octanol–water partition coefficient (Wildman–Crippen LogP) is 3.06. The van der Waals surface area contributed by atoms with Crippen LogP contribution in [-0.4, -0.2) is 34.5 Å². The summed E-state index contributed by atoms with van der Waals surface area (Å²) in [6.45, 7) is 1.84. The summed E-state index contributed by atoms with van der Waals surface area (Å²) in [7, 11) is 0. The summed E-state index contributed by atoms with van der Waals surface area (Å²) in [4.78, 5) is 41.8. The Morgan fingerprint density at radius 2 is 2.07 bits per heavy atom. The molecule has 2 aliphatic carbocycles. The van der Waals surface area contributed by atoms with Gasteiger partial charge in [-0.3, -0.25) is 19.7 Å². The van der Waals surface area contributed by atoms with Gasteiger partial charge in [-0.2, -0.15) is 0 Å². The highest BCUT2D eigenvalue weighted by atomic mass is 16.6. The monoisotopic (exact) mass is 394 g/mol. The minimum absolute atomic E-state index is 0.0310. The minimum atomic E-state index is -0.646. The van der Waals surface area contributed by atoms with Crippen LogP contribution in [0.4, 0.5) is 5.69 Å². The number of hydrogen-bond acceptors (Lipinski definition) is 6. The summed E-state index contributed by atoms with van der Waals surface area (Å²) in [5.41, 5.74) is 3.25. The van der Waals surface area contributed by atoms with Gasteiger partial charge < -0.3 is 4.74 Å². The number of cyclic esters (lactones) is 1. The Morgan fingerprint density at radius 1 is 1.28 bits per heavy atom. The quantitative estimate of drug-likeness (QED) is 0.340. The first-order valence-corrected chi connectivity index (χ1v) is 10.2. The van der Waals surface area contributed by atoms with Crippen LogP contribution in [-0.2, 0) is 20.7 Å². The zero-order chi connectivity index (χ0) is 20.3. The van der Waals surface area contributed by atoms with Crippen LogP contribution < -0.4 is 0 Å². The summed E-state index contributed by atoms with van der Waals surface area (Å²) in [6, 6.07) is 7.06. The van der Waals surface area contributed by atoms with Gasteiger partial charge in [0.25, 0.3) is 0 Å². The highest BCUT2D eigenvalue weighted by Gasteiger charge is 2.55. The van der Waals surface area contributed by atoms with E-state index >= 15 is 0 Å². The van der Waals surface area contributed by atoms with E-state index in [-0.39, 0.29) is 34.6 Å². The summed E-state index contributed by atoms with van der Waals surface area (Å²) >= 11 is 0. The van der Waals surface area contributed by atoms with Gasteiger partial charge in [-0.15, -0.1) is 0 Å². The maximum absolute atomic E-state index is 13.7. The Balaban J connectivity index is 1.51. The molecule has 4 aliphatic rings. The van der Waals surface area contributed by atoms with Crippen LogP contribution in [0.5, 0.6) is 0 Å². The Hall–Kier alpha value is -2.83. The second-order valence-electron chi connectivity index (χ2n) is 8.57. The number of para-hydroxylation sites is 1. The molecule has 0 spiro atoms. The molecule has 1 saturated heterocycles. The van der Waals surface area contributed by atoms with Gasteiger partial charge in [-0.05, 0) is 30.9 Å². The molecular weight excluding hydrogens is 372 g/mol. The molecule has 5 rings (SSSR count). The zero-order valence-corrected chi connectivity index (χ0v) is 16.1. The fraction of sp³-hybridized carbons (Fsp3) is 0.500. The molecule has 29 heavy (non-hydrogen) atoms. The van der Waals surface area contributed by atoms with Gasteiger partial charge in [0, 0.05) is 36.0 Å². The molecule has 0 N–H and O–H groups in total. The number of nitrogens with zero attached hydrogens (tertiary/aromatic N) is 2. The van der Waals surface area contributed by atoms with Crippen LogP contribution in [0, 0.1) is 33.8 Å². The molecule has 0 unspecified atom stereocenters. The molecule has 7 nitrogen and oxygen atoms in total. The maximum Gasteiger partial charge on any atom is 0.313 e. The number of rotatable bonds is 3. The van der Waals surface area contributed by atoms with Crippen LogP contribution in [0.25, 0.3) is 0 Å². The van der Waals surface area contributed by atoms with Crippen molar-refractivity contribution in [3.63, 3.8) is 0 Å². The van der Waals surface area contributed by atoms with Gasteiger partial charge in [0.15, 0.2) is 5.78 Å². The molecule has 0 radical (unpaired) electrons. The van der Waals surface area contributed by atoms with E-state index in [4.69, 9.17) is 4.74 Å². The SMILES string of the molecule is C[C@H]1OC(=O)[C@@H]2C=C3C[C@H]([N+](=O)[O-])CC[C@H]3[C@H](C(=O)C3=Nc4ccccc4C3)[C@H]12. The topological polar surface area (TPSA) is 98.9 Å². The van der Waals surface area contributed by atoms with E-state index in [2.05, 4.69) is 4.99 Å². The van der Waals surface area contributed by atoms with Crippen LogP contribution in [0.15, 0.2) is 40.9 Å². The lowest BCUT2D eigenvalue weighted by atomic mass is 9.60. The Labute approximate surface area is 168 Å². The van der Waals surface area contributed by atoms with Crippen molar-refractivity contribution in [1.82, 2.24) is 0 Å². The molecule has 0 amide bonds. The predicted molar refractivity (Wildman–Crippen MR) is 104 cm³/mol. The van der Waals surface area contributed by atoms with Gasteiger partial charge in [-0.1, -0.05) is 29.8 Å². The molecule has 2 fully saturated rings. The van der Waals surface area contributed by atoms with E-state index in [1.54, 1.807) is 0 Å². The number of esters is 1. The number of nitro groups is 1. The fourth-order valence-corrected chi connectivity index (χ4v) is 5.67. The molecule has 1 aromatic rings. The van der Waals surface area contributed by atoms with Crippen molar-refractivity contribution in [2.75, 3.05) is 0 Å². The molecule has 0 bridgehead atoms. The van der Waals surface area contributed by atoms with Crippen molar-refractivity contribution < 1.29 is 19.2 Å². The number of carbonyl (C=O) groups is 2. The first-order chi connectivity index (χ1) is 13.9. The molecule has 2 aliphatic heterocycles.